The van der Waals surface area contributed by atoms with Crippen LogP contribution in [0, 0.1) is 0 Å². The average molecular weight is 395 g/mol. The quantitative estimate of drug-likeness (QED) is 0.420. The van der Waals surface area contributed by atoms with Crippen molar-refractivity contribution >= 4 is 18.1 Å². The van der Waals surface area contributed by atoms with Gasteiger partial charge < -0.3 is 20.3 Å². The van der Waals surface area contributed by atoms with Crippen molar-refractivity contribution in [2.24, 2.45) is 5.73 Å². The van der Waals surface area contributed by atoms with Crippen LogP contribution in [0.1, 0.15) is 29.9 Å². The van der Waals surface area contributed by atoms with Crippen LogP contribution in [-0.2, 0) is 19.1 Å². The van der Waals surface area contributed by atoms with Gasteiger partial charge in [0.25, 0.3) is 0 Å². The number of carbonyl (C=O) groups excluding carboxylic acids is 2. The van der Waals surface area contributed by atoms with E-state index in [1.807, 2.05) is 48.5 Å². The number of benzene rings is 2. The van der Waals surface area contributed by atoms with E-state index >= 15 is 0 Å². The monoisotopic (exact) mass is 395 g/mol. The summed E-state index contributed by atoms with van der Waals surface area (Å²) >= 11 is 0. The second-order valence-electron chi connectivity index (χ2n) is 6.90. The predicted octanol–water partition coefficient (Wildman–Crippen LogP) is 3.23. The maximum atomic E-state index is 12.2. The molecule has 7 heteroatoms. The summed E-state index contributed by atoms with van der Waals surface area (Å²) < 4.78 is 9.85. The molecule has 2 aromatic carbocycles. The van der Waals surface area contributed by atoms with Crippen LogP contribution < -0.4 is 5.73 Å². The van der Waals surface area contributed by atoms with E-state index in [4.69, 9.17) is 15.6 Å². The van der Waals surface area contributed by atoms with Crippen LogP contribution in [0.15, 0.2) is 61.2 Å². The van der Waals surface area contributed by atoms with Crippen LogP contribution in [0.4, 0.5) is 4.79 Å². The Labute approximate surface area is 167 Å². The van der Waals surface area contributed by atoms with E-state index in [9.17, 15) is 14.4 Å². The standard InChI is InChI=1S/C22H21NO6/c1-2-11-22(23,12-19(24)25)20(26)29-21(27)28-13-18-16-9-5-3-7-14(16)15-8-4-6-10-17(15)18/h2-10,18H,1,11-13,23H2,(H,24,25)/t22-/m0/s1. The molecule has 7 nitrogen and oxygen atoms in total. The number of carboxylic acid groups (broad SMARTS) is 1. The van der Waals surface area contributed by atoms with Gasteiger partial charge in [-0.25, -0.2) is 9.59 Å². The predicted molar refractivity (Wildman–Crippen MR) is 105 cm³/mol. The number of carbonyl (C=O) groups is 3. The summed E-state index contributed by atoms with van der Waals surface area (Å²) in [4.78, 5) is 35.3. The first-order chi connectivity index (χ1) is 13.9. The topological polar surface area (TPSA) is 116 Å². The minimum Gasteiger partial charge on any atom is -0.481 e. The van der Waals surface area contributed by atoms with Crippen molar-refractivity contribution in [2.75, 3.05) is 6.61 Å². The molecule has 0 bridgehead atoms. The van der Waals surface area contributed by atoms with Crippen molar-refractivity contribution in [3.05, 3.63) is 72.3 Å². The maximum absolute atomic E-state index is 12.2. The van der Waals surface area contributed by atoms with E-state index in [-0.39, 0.29) is 18.9 Å². The molecule has 1 atom stereocenters. The molecule has 0 unspecified atom stereocenters. The molecule has 0 aliphatic heterocycles. The Bertz CT molecular complexity index is 924. The van der Waals surface area contributed by atoms with Crippen molar-refractivity contribution in [1.29, 1.82) is 0 Å². The van der Waals surface area contributed by atoms with Gasteiger partial charge in [-0.15, -0.1) is 6.58 Å². The van der Waals surface area contributed by atoms with Gasteiger partial charge in [0, 0.05) is 5.92 Å². The highest BCUT2D eigenvalue weighted by molar-refractivity contribution is 5.92. The molecule has 0 aromatic heterocycles. The minimum atomic E-state index is -1.89. The molecule has 29 heavy (non-hydrogen) atoms. The number of esters is 1. The van der Waals surface area contributed by atoms with Gasteiger partial charge in [-0.05, 0) is 28.7 Å². The Balaban J connectivity index is 1.69. The summed E-state index contributed by atoms with van der Waals surface area (Å²) in [5.41, 5.74) is 8.08. The van der Waals surface area contributed by atoms with Crippen LogP contribution in [0.3, 0.4) is 0 Å². The number of hydrogen-bond acceptors (Lipinski definition) is 6. The van der Waals surface area contributed by atoms with E-state index < -0.39 is 30.1 Å². The molecule has 2 aromatic rings. The highest BCUT2D eigenvalue weighted by atomic mass is 16.7. The Hall–Kier alpha value is -3.45. The van der Waals surface area contributed by atoms with Crippen LogP contribution in [-0.4, -0.2) is 35.3 Å². The summed E-state index contributed by atoms with van der Waals surface area (Å²) in [6.45, 7) is 3.42. The first-order valence-electron chi connectivity index (χ1n) is 9.04. The number of rotatable bonds is 7. The normalized spacial score (nSPS) is 14.2. The molecule has 3 rings (SSSR count). The zero-order valence-corrected chi connectivity index (χ0v) is 15.7. The third kappa shape index (κ3) is 4.20. The first-order valence-corrected chi connectivity index (χ1v) is 9.04. The lowest BCUT2D eigenvalue weighted by Crippen LogP contribution is -2.51. The molecule has 1 aliphatic carbocycles. The van der Waals surface area contributed by atoms with Crippen molar-refractivity contribution in [3.63, 3.8) is 0 Å². The fourth-order valence-electron chi connectivity index (χ4n) is 3.55. The van der Waals surface area contributed by atoms with Gasteiger partial charge in [-0.1, -0.05) is 54.6 Å². The molecule has 0 saturated carbocycles. The largest absolute Gasteiger partial charge is 0.516 e. The molecule has 0 spiro atoms. The first kappa shape index (κ1) is 20.3. The van der Waals surface area contributed by atoms with Gasteiger partial charge in [0.15, 0.2) is 0 Å². The van der Waals surface area contributed by atoms with Crippen LogP contribution in [0.2, 0.25) is 0 Å². The lowest BCUT2D eigenvalue weighted by molar-refractivity contribution is -0.151. The van der Waals surface area contributed by atoms with Crippen molar-refractivity contribution in [3.8, 4) is 11.1 Å². The number of ether oxygens (including phenoxy) is 2. The lowest BCUT2D eigenvalue weighted by atomic mass is 9.92. The van der Waals surface area contributed by atoms with Crippen molar-refractivity contribution in [1.82, 2.24) is 0 Å². The fraction of sp³-hybridized carbons (Fsp3) is 0.227. The van der Waals surface area contributed by atoms with E-state index in [2.05, 4.69) is 11.3 Å². The molecule has 0 amide bonds. The average Bonchev–Trinajstić information content (AvgIpc) is 3.00. The second-order valence-corrected chi connectivity index (χ2v) is 6.90. The molecule has 0 fully saturated rings. The molecular formula is C22H21NO6. The van der Waals surface area contributed by atoms with Crippen LogP contribution in [0.25, 0.3) is 11.1 Å². The minimum absolute atomic E-state index is 0.0297. The molecule has 0 radical (unpaired) electrons. The number of hydrogen-bond donors (Lipinski definition) is 2. The number of nitrogens with two attached hydrogens (primary N) is 1. The summed E-state index contributed by atoms with van der Waals surface area (Å²) in [7, 11) is 0. The SMILES string of the molecule is C=CC[C@](N)(CC(=O)O)C(=O)OC(=O)OCC1c2ccccc2-c2ccccc21. The van der Waals surface area contributed by atoms with E-state index in [1.165, 1.54) is 6.08 Å². The van der Waals surface area contributed by atoms with Gasteiger partial charge in [-0.3, -0.25) is 4.79 Å². The molecular weight excluding hydrogens is 374 g/mol. The number of fused-ring (bicyclic) bond motifs is 3. The van der Waals surface area contributed by atoms with E-state index in [0.717, 1.165) is 22.3 Å². The zero-order valence-electron chi connectivity index (χ0n) is 15.7. The molecule has 0 heterocycles. The Morgan fingerprint density at radius 2 is 1.62 bits per heavy atom. The number of aliphatic carboxylic acids is 1. The molecule has 1 aliphatic rings. The van der Waals surface area contributed by atoms with Gasteiger partial charge in [0.05, 0.1) is 6.42 Å². The maximum Gasteiger partial charge on any atom is 0.516 e. The van der Waals surface area contributed by atoms with Crippen LogP contribution >= 0.6 is 0 Å². The van der Waals surface area contributed by atoms with E-state index in [0.29, 0.717) is 0 Å². The Kier molecular flexibility index (Phi) is 5.79. The molecule has 0 saturated heterocycles. The zero-order chi connectivity index (χ0) is 21.0. The molecule has 3 N–H and O–H groups in total. The Morgan fingerprint density at radius 3 is 2.14 bits per heavy atom. The van der Waals surface area contributed by atoms with Crippen LogP contribution in [0.5, 0.6) is 0 Å². The third-order valence-electron chi connectivity index (χ3n) is 4.89. The van der Waals surface area contributed by atoms with E-state index in [1.54, 1.807) is 0 Å². The smallest absolute Gasteiger partial charge is 0.481 e. The number of carboxylic acids is 1. The highest BCUT2D eigenvalue weighted by Crippen LogP contribution is 2.44. The molecule has 150 valence electrons. The third-order valence-corrected chi connectivity index (χ3v) is 4.89. The summed E-state index contributed by atoms with van der Waals surface area (Å²) in [5, 5.41) is 8.95. The lowest BCUT2D eigenvalue weighted by Gasteiger charge is -2.23. The van der Waals surface area contributed by atoms with Gasteiger partial charge in [0.1, 0.15) is 12.1 Å². The Morgan fingerprint density at radius 1 is 1.07 bits per heavy atom. The van der Waals surface area contributed by atoms with Gasteiger partial charge in [-0.2, -0.15) is 0 Å². The second kappa shape index (κ2) is 8.28. The van der Waals surface area contributed by atoms with Crippen molar-refractivity contribution < 1.29 is 29.0 Å². The summed E-state index contributed by atoms with van der Waals surface area (Å²) in [6.07, 6.45) is -0.785. The highest BCUT2D eigenvalue weighted by Gasteiger charge is 2.39. The summed E-state index contributed by atoms with van der Waals surface area (Å²) in [5.74, 6) is -2.66. The fourth-order valence-corrected chi connectivity index (χ4v) is 3.55. The van der Waals surface area contributed by atoms with Gasteiger partial charge >= 0.3 is 18.1 Å². The van der Waals surface area contributed by atoms with Crippen molar-refractivity contribution in [2.45, 2.75) is 24.3 Å². The summed E-state index contributed by atoms with van der Waals surface area (Å²) in [6, 6.07) is 15.6. The van der Waals surface area contributed by atoms with Gasteiger partial charge in [0.2, 0.25) is 0 Å².